The molecule has 0 aliphatic carbocycles. The summed E-state index contributed by atoms with van der Waals surface area (Å²) in [6, 6.07) is 2.19. The summed E-state index contributed by atoms with van der Waals surface area (Å²) in [5.74, 6) is 0.348. The molecule has 108 valence electrons. The summed E-state index contributed by atoms with van der Waals surface area (Å²) < 4.78 is 1.99. The van der Waals surface area contributed by atoms with Crippen LogP contribution in [0, 0.1) is 19.8 Å². The number of hydrogen-bond acceptors (Lipinski definition) is 2. The van der Waals surface area contributed by atoms with E-state index >= 15 is 0 Å². The molecule has 1 aromatic heterocycles. The lowest BCUT2D eigenvalue weighted by atomic mass is 10.2. The van der Waals surface area contributed by atoms with Gasteiger partial charge < -0.3 is 10.6 Å². The molecular formula is C14H26N4O. The predicted molar refractivity (Wildman–Crippen MR) is 77.2 cm³/mol. The van der Waals surface area contributed by atoms with Gasteiger partial charge in [0.05, 0.1) is 5.69 Å². The molecule has 2 amide bonds. The fourth-order valence-electron chi connectivity index (χ4n) is 1.86. The fraction of sp³-hybridized carbons (Fsp3) is 0.714. The standard InChI is InChI=1S/C14H26N4O/c1-6-11(3)16-14(19)15-8-10(2)9-18-13(5)7-12(4)17-18/h7,10-11H,6,8-9H2,1-5H3,(H2,15,16,19). The van der Waals surface area contributed by atoms with Gasteiger partial charge in [-0.1, -0.05) is 13.8 Å². The number of aryl methyl sites for hydroxylation is 2. The van der Waals surface area contributed by atoms with Crippen LogP contribution < -0.4 is 10.6 Å². The Morgan fingerprint density at radius 1 is 1.42 bits per heavy atom. The number of carbonyl (C=O) groups is 1. The normalized spacial score (nSPS) is 13.9. The van der Waals surface area contributed by atoms with Crippen molar-refractivity contribution in [3.63, 3.8) is 0 Å². The van der Waals surface area contributed by atoms with E-state index in [2.05, 4.69) is 42.6 Å². The molecule has 0 saturated carbocycles. The van der Waals surface area contributed by atoms with Crippen LogP contribution in [-0.4, -0.2) is 28.4 Å². The number of nitrogens with one attached hydrogen (secondary N) is 2. The number of amides is 2. The van der Waals surface area contributed by atoms with Gasteiger partial charge in [-0.15, -0.1) is 0 Å². The quantitative estimate of drug-likeness (QED) is 0.829. The maximum absolute atomic E-state index is 11.6. The summed E-state index contributed by atoms with van der Waals surface area (Å²) >= 11 is 0. The summed E-state index contributed by atoms with van der Waals surface area (Å²) in [4.78, 5) is 11.6. The van der Waals surface area contributed by atoms with Crippen molar-refractivity contribution in [1.82, 2.24) is 20.4 Å². The van der Waals surface area contributed by atoms with Gasteiger partial charge in [0.2, 0.25) is 0 Å². The van der Waals surface area contributed by atoms with Crippen LogP contribution in [0.4, 0.5) is 4.79 Å². The van der Waals surface area contributed by atoms with Crippen LogP contribution in [0.25, 0.3) is 0 Å². The molecule has 5 heteroatoms. The zero-order valence-corrected chi connectivity index (χ0v) is 12.7. The molecule has 0 fully saturated rings. The number of urea groups is 1. The summed E-state index contributed by atoms with van der Waals surface area (Å²) in [6.07, 6.45) is 0.939. The molecule has 2 N–H and O–H groups in total. The highest BCUT2D eigenvalue weighted by molar-refractivity contribution is 5.74. The minimum absolute atomic E-state index is 0.0884. The molecule has 0 aliphatic rings. The van der Waals surface area contributed by atoms with E-state index in [1.54, 1.807) is 0 Å². The summed E-state index contributed by atoms with van der Waals surface area (Å²) in [7, 11) is 0. The number of carbonyl (C=O) groups excluding carboxylic acids is 1. The lowest BCUT2D eigenvalue weighted by Crippen LogP contribution is -2.42. The van der Waals surface area contributed by atoms with Crippen LogP contribution in [0.3, 0.4) is 0 Å². The average molecular weight is 266 g/mol. The topological polar surface area (TPSA) is 59.0 Å². The first kappa shape index (κ1) is 15.5. The van der Waals surface area contributed by atoms with Crippen molar-refractivity contribution >= 4 is 6.03 Å². The van der Waals surface area contributed by atoms with Crippen molar-refractivity contribution in [3.8, 4) is 0 Å². The third kappa shape index (κ3) is 5.32. The van der Waals surface area contributed by atoms with E-state index in [-0.39, 0.29) is 12.1 Å². The molecule has 2 unspecified atom stereocenters. The van der Waals surface area contributed by atoms with E-state index in [1.165, 1.54) is 0 Å². The Morgan fingerprint density at radius 2 is 2.11 bits per heavy atom. The second-order valence-electron chi connectivity index (χ2n) is 5.38. The second-order valence-corrected chi connectivity index (χ2v) is 5.38. The molecule has 0 spiro atoms. The largest absolute Gasteiger partial charge is 0.338 e. The number of rotatable bonds is 6. The first-order chi connectivity index (χ1) is 8.92. The SMILES string of the molecule is CCC(C)NC(=O)NCC(C)Cn1nc(C)cc1C. The van der Waals surface area contributed by atoms with E-state index in [0.29, 0.717) is 12.5 Å². The average Bonchev–Trinajstić information content (AvgIpc) is 2.65. The molecule has 0 saturated heterocycles. The maximum Gasteiger partial charge on any atom is 0.315 e. The van der Waals surface area contributed by atoms with E-state index < -0.39 is 0 Å². The van der Waals surface area contributed by atoms with E-state index in [9.17, 15) is 4.79 Å². The molecule has 2 atom stereocenters. The molecule has 0 radical (unpaired) electrons. The van der Waals surface area contributed by atoms with E-state index in [1.807, 2.05) is 18.5 Å². The Bertz CT molecular complexity index is 414. The van der Waals surface area contributed by atoms with Gasteiger partial charge in [-0.05, 0) is 39.2 Å². The molecule has 1 heterocycles. The van der Waals surface area contributed by atoms with Gasteiger partial charge in [0, 0.05) is 24.8 Å². The van der Waals surface area contributed by atoms with Crippen molar-refractivity contribution < 1.29 is 4.79 Å². The first-order valence-electron chi connectivity index (χ1n) is 6.97. The third-order valence-electron chi connectivity index (χ3n) is 3.19. The van der Waals surface area contributed by atoms with Gasteiger partial charge in [0.1, 0.15) is 0 Å². The van der Waals surface area contributed by atoms with Crippen LogP contribution in [0.1, 0.15) is 38.6 Å². The third-order valence-corrected chi connectivity index (χ3v) is 3.19. The molecule has 0 aliphatic heterocycles. The van der Waals surface area contributed by atoms with Crippen LogP contribution >= 0.6 is 0 Å². The highest BCUT2D eigenvalue weighted by Gasteiger charge is 2.09. The lowest BCUT2D eigenvalue weighted by Gasteiger charge is -2.16. The number of nitrogens with zero attached hydrogens (tertiary/aromatic N) is 2. The monoisotopic (exact) mass is 266 g/mol. The van der Waals surface area contributed by atoms with Crippen molar-refractivity contribution in [2.75, 3.05) is 6.54 Å². The van der Waals surface area contributed by atoms with Gasteiger partial charge in [0.25, 0.3) is 0 Å². The molecule has 19 heavy (non-hydrogen) atoms. The maximum atomic E-state index is 11.6. The van der Waals surface area contributed by atoms with Crippen molar-refractivity contribution in [3.05, 3.63) is 17.5 Å². The van der Waals surface area contributed by atoms with Gasteiger partial charge in [-0.25, -0.2) is 4.79 Å². The zero-order valence-electron chi connectivity index (χ0n) is 12.7. The lowest BCUT2D eigenvalue weighted by molar-refractivity contribution is 0.235. The van der Waals surface area contributed by atoms with Crippen molar-refractivity contribution in [2.24, 2.45) is 5.92 Å². The minimum Gasteiger partial charge on any atom is -0.338 e. The van der Waals surface area contributed by atoms with Crippen molar-refractivity contribution in [2.45, 2.75) is 53.6 Å². The highest BCUT2D eigenvalue weighted by atomic mass is 16.2. The second kappa shape index (κ2) is 7.16. The van der Waals surface area contributed by atoms with Crippen LogP contribution in [0.5, 0.6) is 0 Å². The van der Waals surface area contributed by atoms with E-state index in [4.69, 9.17) is 0 Å². The van der Waals surface area contributed by atoms with Gasteiger partial charge in [-0.3, -0.25) is 4.68 Å². The Labute approximate surface area is 115 Å². The molecule has 1 rings (SSSR count). The van der Waals surface area contributed by atoms with Gasteiger partial charge in [0.15, 0.2) is 0 Å². The first-order valence-corrected chi connectivity index (χ1v) is 6.97. The molecule has 1 aromatic rings. The van der Waals surface area contributed by atoms with Crippen LogP contribution in [0.2, 0.25) is 0 Å². The molecular weight excluding hydrogens is 240 g/mol. The highest BCUT2D eigenvalue weighted by Crippen LogP contribution is 2.05. The Morgan fingerprint density at radius 3 is 2.63 bits per heavy atom. The molecule has 0 aromatic carbocycles. The van der Waals surface area contributed by atoms with Gasteiger partial charge >= 0.3 is 6.03 Å². The Hall–Kier alpha value is -1.52. The predicted octanol–water partition coefficient (Wildman–Crippen LogP) is 2.23. The van der Waals surface area contributed by atoms with Crippen LogP contribution in [-0.2, 0) is 6.54 Å². The number of aromatic nitrogens is 2. The van der Waals surface area contributed by atoms with E-state index in [0.717, 1.165) is 24.4 Å². The minimum atomic E-state index is -0.0884. The zero-order chi connectivity index (χ0) is 14.4. The molecule has 0 bridgehead atoms. The van der Waals surface area contributed by atoms with Gasteiger partial charge in [-0.2, -0.15) is 5.10 Å². The molecule has 5 nitrogen and oxygen atoms in total. The summed E-state index contributed by atoms with van der Waals surface area (Å²) in [5.41, 5.74) is 2.19. The summed E-state index contributed by atoms with van der Waals surface area (Å²) in [5, 5.41) is 10.2. The smallest absolute Gasteiger partial charge is 0.315 e. The number of hydrogen-bond donors (Lipinski definition) is 2. The Kier molecular flexibility index (Phi) is 5.86. The Balaban J connectivity index is 2.33. The van der Waals surface area contributed by atoms with Crippen molar-refractivity contribution in [1.29, 1.82) is 0 Å². The summed E-state index contributed by atoms with van der Waals surface area (Å²) in [6.45, 7) is 11.7. The fourth-order valence-corrected chi connectivity index (χ4v) is 1.86. The van der Waals surface area contributed by atoms with Crippen LogP contribution in [0.15, 0.2) is 6.07 Å².